The second-order valence-corrected chi connectivity index (χ2v) is 7.01. The number of unbranched alkanes of at least 4 members (excludes halogenated alkanes) is 2. The summed E-state index contributed by atoms with van der Waals surface area (Å²) >= 11 is 0. The fraction of sp³-hybridized carbons (Fsp3) is 0.364. The summed E-state index contributed by atoms with van der Waals surface area (Å²) in [6.07, 6.45) is 6.51. The molecule has 0 atom stereocenters. The first-order valence-electron chi connectivity index (χ1n) is 9.89. The van der Waals surface area contributed by atoms with Crippen molar-refractivity contribution in [2.24, 2.45) is 0 Å². The van der Waals surface area contributed by atoms with Gasteiger partial charge < -0.3 is 10.1 Å². The molecule has 7 heteroatoms. The van der Waals surface area contributed by atoms with Crippen molar-refractivity contribution in [3.63, 3.8) is 0 Å². The van der Waals surface area contributed by atoms with Crippen LogP contribution in [0.4, 0.5) is 5.69 Å². The van der Waals surface area contributed by atoms with Crippen LogP contribution in [0.5, 0.6) is 5.75 Å². The molecule has 2 aromatic heterocycles. The van der Waals surface area contributed by atoms with E-state index in [1.807, 2.05) is 32.9 Å². The predicted molar refractivity (Wildman–Crippen MR) is 113 cm³/mol. The van der Waals surface area contributed by atoms with Gasteiger partial charge in [0.2, 0.25) is 0 Å². The molecule has 0 spiro atoms. The fourth-order valence-electron chi connectivity index (χ4n) is 2.86. The van der Waals surface area contributed by atoms with Crippen LogP contribution in [0.25, 0.3) is 5.95 Å². The Hall–Kier alpha value is -3.22. The van der Waals surface area contributed by atoms with Crippen LogP contribution in [0.2, 0.25) is 0 Å². The van der Waals surface area contributed by atoms with Gasteiger partial charge in [-0.1, -0.05) is 19.8 Å². The van der Waals surface area contributed by atoms with Gasteiger partial charge in [-0.05, 0) is 57.0 Å². The van der Waals surface area contributed by atoms with Crippen LogP contribution in [0.1, 0.15) is 53.5 Å². The zero-order valence-electron chi connectivity index (χ0n) is 17.4. The van der Waals surface area contributed by atoms with E-state index < -0.39 is 0 Å². The van der Waals surface area contributed by atoms with E-state index >= 15 is 0 Å². The Bertz CT molecular complexity index is 962. The van der Waals surface area contributed by atoms with Crippen LogP contribution in [0.15, 0.2) is 36.7 Å². The van der Waals surface area contributed by atoms with Gasteiger partial charge in [0.1, 0.15) is 5.75 Å². The molecule has 1 aromatic carbocycles. The Morgan fingerprint density at radius 2 is 1.76 bits per heavy atom. The minimum atomic E-state index is -0.221. The van der Waals surface area contributed by atoms with Gasteiger partial charge in [0.05, 0.1) is 30.4 Å². The van der Waals surface area contributed by atoms with Gasteiger partial charge in [0, 0.05) is 11.3 Å². The molecule has 3 aromatic rings. The molecule has 1 amide bonds. The lowest BCUT2D eigenvalue weighted by Crippen LogP contribution is -2.13. The Labute approximate surface area is 171 Å². The zero-order chi connectivity index (χ0) is 20.8. The Morgan fingerprint density at radius 3 is 2.34 bits per heavy atom. The minimum absolute atomic E-state index is 0.221. The summed E-state index contributed by atoms with van der Waals surface area (Å²) in [5.74, 6) is 1.02. The lowest BCUT2D eigenvalue weighted by atomic mass is 10.2. The number of hydrogen-bond acceptors (Lipinski definition) is 5. The number of ether oxygens (including phenoxy) is 1. The number of rotatable bonds is 8. The van der Waals surface area contributed by atoms with E-state index in [1.54, 1.807) is 29.2 Å². The Balaban J connectivity index is 1.61. The lowest BCUT2D eigenvalue weighted by Gasteiger charge is -2.08. The number of aryl methyl sites for hydroxylation is 1. The van der Waals surface area contributed by atoms with Gasteiger partial charge in [-0.25, -0.2) is 14.6 Å². The highest BCUT2D eigenvalue weighted by Crippen LogP contribution is 2.16. The van der Waals surface area contributed by atoms with Crippen molar-refractivity contribution in [3.8, 4) is 11.7 Å². The summed E-state index contributed by atoms with van der Waals surface area (Å²) in [5.41, 5.74) is 4.13. The minimum Gasteiger partial charge on any atom is -0.494 e. The molecule has 1 N–H and O–H groups in total. The maximum Gasteiger partial charge on any atom is 0.255 e. The van der Waals surface area contributed by atoms with Crippen molar-refractivity contribution in [2.75, 3.05) is 11.9 Å². The molecule has 2 heterocycles. The van der Waals surface area contributed by atoms with Crippen molar-refractivity contribution < 1.29 is 9.53 Å². The molecular weight excluding hydrogens is 366 g/mol. The molecule has 29 heavy (non-hydrogen) atoms. The number of hydrogen-bond donors (Lipinski definition) is 1. The lowest BCUT2D eigenvalue weighted by molar-refractivity contribution is 0.102. The van der Waals surface area contributed by atoms with Crippen molar-refractivity contribution >= 4 is 11.6 Å². The number of aromatic nitrogens is 4. The number of nitrogens with one attached hydrogen (secondary N) is 1. The van der Waals surface area contributed by atoms with E-state index in [-0.39, 0.29) is 5.91 Å². The largest absolute Gasteiger partial charge is 0.494 e. The first-order valence-corrected chi connectivity index (χ1v) is 9.89. The highest BCUT2D eigenvalue weighted by molar-refractivity contribution is 6.04. The highest BCUT2D eigenvalue weighted by atomic mass is 16.5. The van der Waals surface area contributed by atoms with Crippen LogP contribution < -0.4 is 10.1 Å². The van der Waals surface area contributed by atoms with Crippen molar-refractivity contribution in [2.45, 2.75) is 47.0 Å². The molecule has 0 aliphatic rings. The second-order valence-electron chi connectivity index (χ2n) is 7.01. The maximum absolute atomic E-state index is 12.5. The standard InChI is InChI=1S/C22H27N5O2/c1-5-6-7-12-29-20-10-8-18(9-11-20)21(28)25-19-13-23-22(24-14-19)27-17(4)15(2)16(3)26-27/h8-11,13-14H,5-7,12H2,1-4H3,(H,25,28). The Kier molecular flexibility index (Phi) is 6.59. The van der Waals surface area contributed by atoms with E-state index in [4.69, 9.17) is 4.74 Å². The van der Waals surface area contributed by atoms with Crippen LogP contribution >= 0.6 is 0 Å². The first-order chi connectivity index (χ1) is 14.0. The molecule has 0 saturated carbocycles. The van der Waals surface area contributed by atoms with E-state index in [1.165, 1.54) is 0 Å². The number of benzene rings is 1. The SMILES string of the molecule is CCCCCOc1ccc(C(=O)Nc2cnc(-n3nc(C)c(C)c3C)nc2)cc1. The molecule has 0 fully saturated rings. The van der Waals surface area contributed by atoms with E-state index in [0.29, 0.717) is 23.8 Å². The number of nitrogens with zero attached hydrogens (tertiary/aromatic N) is 4. The van der Waals surface area contributed by atoms with E-state index in [9.17, 15) is 4.79 Å². The van der Waals surface area contributed by atoms with Crippen LogP contribution in [0, 0.1) is 20.8 Å². The third-order valence-electron chi connectivity index (χ3n) is 4.87. The molecular formula is C22H27N5O2. The van der Waals surface area contributed by atoms with E-state index in [0.717, 1.165) is 42.0 Å². The van der Waals surface area contributed by atoms with Gasteiger partial charge in [0.15, 0.2) is 0 Å². The predicted octanol–water partition coefficient (Wildman–Crippen LogP) is 4.41. The quantitative estimate of drug-likeness (QED) is 0.573. The molecule has 0 saturated heterocycles. The van der Waals surface area contributed by atoms with Crippen molar-refractivity contribution in [1.29, 1.82) is 0 Å². The van der Waals surface area contributed by atoms with Gasteiger partial charge in [-0.2, -0.15) is 5.10 Å². The van der Waals surface area contributed by atoms with Crippen LogP contribution in [-0.4, -0.2) is 32.3 Å². The molecule has 7 nitrogen and oxygen atoms in total. The molecule has 0 radical (unpaired) electrons. The number of carbonyl (C=O) groups excluding carboxylic acids is 1. The van der Waals surface area contributed by atoms with Gasteiger partial charge >= 0.3 is 0 Å². The number of anilines is 1. The molecule has 0 bridgehead atoms. The zero-order valence-corrected chi connectivity index (χ0v) is 17.4. The molecule has 0 aliphatic carbocycles. The third kappa shape index (κ3) is 4.99. The topological polar surface area (TPSA) is 81.9 Å². The summed E-state index contributed by atoms with van der Waals surface area (Å²) in [4.78, 5) is 21.1. The molecule has 0 aliphatic heterocycles. The van der Waals surface area contributed by atoms with Gasteiger partial charge in [0.25, 0.3) is 11.9 Å². The normalized spacial score (nSPS) is 10.8. The average molecular weight is 393 g/mol. The summed E-state index contributed by atoms with van der Waals surface area (Å²) in [7, 11) is 0. The van der Waals surface area contributed by atoms with E-state index in [2.05, 4.69) is 27.3 Å². The summed E-state index contributed by atoms with van der Waals surface area (Å²) in [6.45, 7) is 8.80. The van der Waals surface area contributed by atoms with Gasteiger partial charge in [-0.3, -0.25) is 4.79 Å². The number of carbonyl (C=O) groups is 1. The fourth-order valence-corrected chi connectivity index (χ4v) is 2.86. The monoisotopic (exact) mass is 393 g/mol. The third-order valence-corrected chi connectivity index (χ3v) is 4.87. The van der Waals surface area contributed by atoms with Crippen molar-refractivity contribution in [3.05, 3.63) is 59.2 Å². The number of amides is 1. The summed E-state index contributed by atoms with van der Waals surface area (Å²) < 4.78 is 7.38. The molecule has 3 rings (SSSR count). The van der Waals surface area contributed by atoms with Crippen LogP contribution in [-0.2, 0) is 0 Å². The average Bonchev–Trinajstić information content (AvgIpc) is 2.99. The summed E-state index contributed by atoms with van der Waals surface area (Å²) in [6, 6.07) is 7.12. The summed E-state index contributed by atoms with van der Waals surface area (Å²) in [5, 5.41) is 7.26. The smallest absolute Gasteiger partial charge is 0.255 e. The highest BCUT2D eigenvalue weighted by Gasteiger charge is 2.12. The van der Waals surface area contributed by atoms with Gasteiger partial charge in [-0.15, -0.1) is 0 Å². The second kappa shape index (κ2) is 9.32. The van der Waals surface area contributed by atoms with Crippen LogP contribution in [0.3, 0.4) is 0 Å². The first kappa shape index (κ1) is 20.5. The Morgan fingerprint density at radius 1 is 1.07 bits per heavy atom. The molecule has 152 valence electrons. The maximum atomic E-state index is 12.5. The molecule has 0 unspecified atom stereocenters. The van der Waals surface area contributed by atoms with Crippen molar-refractivity contribution in [1.82, 2.24) is 19.7 Å².